The summed E-state index contributed by atoms with van der Waals surface area (Å²) in [5.74, 6) is -1.01. The molecule has 3 N–H and O–H groups in total. The Hall–Kier alpha value is -3.24. The van der Waals surface area contributed by atoms with E-state index in [1.165, 1.54) is 17.0 Å². The lowest BCUT2D eigenvalue weighted by molar-refractivity contribution is -0.152. The number of halogens is 3. The van der Waals surface area contributed by atoms with Crippen molar-refractivity contribution in [3.63, 3.8) is 0 Å². The largest absolute Gasteiger partial charge is 0.507 e. The number of benzene rings is 2. The highest BCUT2D eigenvalue weighted by Gasteiger charge is 2.36. The number of phenols is 1. The lowest BCUT2D eigenvalue weighted by Crippen LogP contribution is -2.50. The first-order valence-electron chi connectivity index (χ1n) is 10.8. The van der Waals surface area contributed by atoms with Gasteiger partial charge in [-0.25, -0.2) is 4.79 Å². The SMILES string of the molecule is COc1cc(C)c2[nH]ccc2c1CN1CCN(CC(F)(F)F)CC1c1ccc(C(=O)O)c(O)c1. The topological polar surface area (TPSA) is 89.0 Å². The molecule has 0 radical (unpaired) electrons. The van der Waals surface area contributed by atoms with E-state index in [1.807, 2.05) is 30.2 Å². The number of hydrogen-bond donors (Lipinski definition) is 3. The molecule has 7 nitrogen and oxygen atoms in total. The van der Waals surface area contributed by atoms with Gasteiger partial charge in [-0.3, -0.25) is 9.80 Å². The lowest BCUT2D eigenvalue weighted by Gasteiger charge is -2.42. The smallest absolute Gasteiger partial charge is 0.401 e. The second kappa shape index (κ2) is 9.19. The predicted octanol–water partition coefficient (Wildman–Crippen LogP) is 4.31. The van der Waals surface area contributed by atoms with Gasteiger partial charge in [0.15, 0.2) is 0 Å². The van der Waals surface area contributed by atoms with Gasteiger partial charge in [0.05, 0.1) is 13.7 Å². The molecular weight excluding hydrogens is 451 g/mol. The molecule has 0 aliphatic carbocycles. The number of aryl methyl sites for hydroxylation is 1. The Bertz CT molecular complexity index is 1210. The van der Waals surface area contributed by atoms with Gasteiger partial charge < -0.3 is 19.9 Å². The second-order valence-corrected chi connectivity index (χ2v) is 8.56. The summed E-state index contributed by atoms with van der Waals surface area (Å²) >= 11 is 0. The van der Waals surface area contributed by atoms with Crippen molar-refractivity contribution in [3.05, 3.63) is 58.8 Å². The molecule has 0 spiro atoms. The van der Waals surface area contributed by atoms with Crippen LogP contribution in [-0.4, -0.2) is 70.4 Å². The van der Waals surface area contributed by atoms with Gasteiger partial charge in [0.25, 0.3) is 0 Å². The Morgan fingerprint density at radius 3 is 2.65 bits per heavy atom. The molecule has 1 saturated heterocycles. The minimum atomic E-state index is -4.33. The van der Waals surface area contributed by atoms with Crippen molar-refractivity contribution in [1.29, 1.82) is 0 Å². The number of nitrogens with one attached hydrogen (secondary N) is 1. The summed E-state index contributed by atoms with van der Waals surface area (Å²) < 4.78 is 45.0. The van der Waals surface area contributed by atoms with Crippen molar-refractivity contribution >= 4 is 16.9 Å². The van der Waals surface area contributed by atoms with Crippen LogP contribution in [0.5, 0.6) is 11.5 Å². The van der Waals surface area contributed by atoms with Gasteiger partial charge in [-0.1, -0.05) is 6.07 Å². The van der Waals surface area contributed by atoms with Crippen LogP contribution in [0.3, 0.4) is 0 Å². The molecule has 0 saturated carbocycles. The maximum atomic E-state index is 13.1. The number of alkyl halides is 3. The van der Waals surface area contributed by atoms with Gasteiger partial charge in [-0.2, -0.15) is 13.2 Å². The molecule has 3 aromatic rings. The molecule has 10 heteroatoms. The summed E-state index contributed by atoms with van der Waals surface area (Å²) in [5, 5.41) is 20.4. The number of methoxy groups -OCH3 is 1. The van der Waals surface area contributed by atoms with E-state index in [1.54, 1.807) is 13.2 Å². The van der Waals surface area contributed by atoms with Crippen LogP contribution in [0, 0.1) is 6.92 Å². The summed E-state index contributed by atoms with van der Waals surface area (Å²) in [5.41, 5.74) is 3.18. The fourth-order valence-electron chi connectivity index (χ4n) is 4.70. The highest BCUT2D eigenvalue weighted by molar-refractivity contribution is 5.91. The first-order chi connectivity index (χ1) is 16.1. The van der Waals surface area contributed by atoms with Crippen LogP contribution in [0.4, 0.5) is 13.2 Å². The summed E-state index contributed by atoms with van der Waals surface area (Å²) in [6, 6.07) is 7.54. The number of rotatable bonds is 6. The molecule has 2 aromatic carbocycles. The fourth-order valence-corrected chi connectivity index (χ4v) is 4.70. The van der Waals surface area contributed by atoms with Gasteiger partial charge in [-0.05, 0) is 42.3 Å². The molecule has 0 amide bonds. The number of hydrogen-bond acceptors (Lipinski definition) is 5. The van der Waals surface area contributed by atoms with Crippen molar-refractivity contribution in [3.8, 4) is 11.5 Å². The monoisotopic (exact) mass is 477 g/mol. The number of aromatic nitrogens is 1. The zero-order chi connectivity index (χ0) is 24.6. The lowest BCUT2D eigenvalue weighted by atomic mass is 9.98. The highest BCUT2D eigenvalue weighted by Crippen LogP contribution is 2.36. The van der Waals surface area contributed by atoms with Crippen molar-refractivity contribution in [2.45, 2.75) is 25.7 Å². The van der Waals surface area contributed by atoms with Gasteiger partial charge >= 0.3 is 12.1 Å². The van der Waals surface area contributed by atoms with E-state index in [-0.39, 0.29) is 18.7 Å². The fraction of sp³-hybridized carbons (Fsp3) is 0.375. The molecule has 1 aromatic heterocycles. The van der Waals surface area contributed by atoms with Crippen molar-refractivity contribution in [2.24, 2.45) is 0 Å². The predicted molar refractivity (Wildman–Crippen MR) is 120 cm³/mol. The number of carbonyl (C=O) groups is 1. The van der Waals surface area contributed by atoms with Crippen LogP contribution in [0.15, 0.2) is 36.5 Å². The number of ether oxygens (including phenoxy) is 1. The quantitative estimate of drug-likeness (QED) is 0.490. The Kier molecular flexibility index (Phi) is 6.46. The average Bonchev–Trinajstić information content (AvgIpc) is 3.25. The molecule has 1 atom stereocenters. The number of aromatic carboxylic acids is 1. The number of carboxylic acids is 1. The van der Waals surface area contributed by atoms with Crippen molar-refractivity contribution < 1.29 is 32.9 Å². The first kappa shape index (κ1) is 23.9. The first-order valence-corrected chi connectivity index (χ1v) is 10.8. The molecule has 1 unspecified atom stereocenters. The third-order valence-corrected chi connectivity index (χ3v) is 6.31. The number of aromatic hydroxyl groups is 1. The van der Waals surface area contributed by atoms with Crippen molar-refractivity contribution in [1.82, 2.24) is 14.8 Å². The maximum absolute atomic E-state index is 13.1. The standard InChI is InChI=1S/C24H26F3N3O4/c1-14-9-21(34-2)18(16-5-6-28-22(14)16)11-30-8-7-29(13-24(25,26)27)12-19(30)15-3-4-17(23(32)33)20(31)10-15/h3-6,9-10,19,28,31H,7-8,11-13H2,1-2H3,(H,32,33). The molecular formula is C24H26F3N3O4. The minimum Gasteiger partial charge on any atom is -0.507 e. The number of fused-ring (bicyclic) bond motifs is 1. The summed E-state index contributed by atoms with van der Waals surface area (Å²) in [6.45, 7) is 1.99. The van der Waals surface area contributed by atoms with Crippen LogP contribution >= 0.6 is 0 Å². The molecule has 182 valence electrons. The number of piperazine rings is 1. The molecule has 2 heterocycles. The zero-order valence-corrected chi connectivity index (χ0v) is 18.8. The molecule has 1 aliphatic rings. The van der Waals surface area contributed by atoms with Crippen LogP contribution < -0.4 is 4.74 Å². The maximum Gasteiger partial charge on any atom is 0.401 e. The van der Waals surface area contributed by atoms with Gasteiger partial charge in [0.1, 0.15) is 17.1 Å². The highest BCUT2D eigenvalue weighted by atomic mass is 19.4. The Morgan fingerprint density at radius 1 is 1.24 bits per heavy atom. The number of H-pyrrole nitrogens is 1. The molecule has 1 aliphatic heterocycles. The van der Waals surface area contributed by atoms with Crippen molar-refractivity contribution in [2.75, 3.05) is 33.3 Å². The summed E-state index contributed by atoms with van der Waals surface area (Å²) in [7, 11) is 1.58. The number of nitrogens with zero attached hydrogens (tertiary/aromatic N) is 2. The van der Waals surface area contributed by atoms with E-state index >= 15 is 0 Å². The van der Waals surface area contributed by atoms with Gasteiger partial charge in [0, 0.05) is 54.9 Å². The number of carboxylic acid groups (broad SMARTS) is 1. The van der Waals surface area contributed by atoms with Crippen LogP contribution in [-0.2, 0) is 6.54 Å². The molecule has 34 heavy (non-hydrogen) atoms. The Morgan fingerprint density at radius 2 is 2.00 bits per heavy atom. The van der Waals surface area contributed by atoms with E-state index in [4.69, 9.17) is 4.74 Å². The normalized spacial score (nSPS) is 17.9. The van der Waals surface area contributed by atoms with Gasteiger partial charge in [-0.15, -0.1) is 0 Å². The number of aromatic amines is 1. The molecule has 0 bridgehead atoms. The third kappa shape index (κ3) is 4.83. The van der Waals surface area contributed by atoms with Crippen LogP contribution in [0.1, 0.15) is 33.1 Å². The van der Waals surface area contributed by atoms with Gasteiger partial charge in [0.2, 0.25) is 0 Å². The van der Waals surface area contributed by atoms with E-state index in [9.17, 15) is 28.2 Å². The van der Waals surface area contributed by atoms with E-state index in [2.05, 4.69) is 4.98 Å². The van der Waals surface area contributed by atoms with E-state index < -0.39 is 30.5 Å². The molecule has 1 fully saturated rings. The Labute approximate surface area is 194 Å². The second-order valence-electron chi connectivity index (χ2n) is 8.56. The third-order valence-electron chi connectivity index (χ3n) is 6.31. The average molecular weight is 477 g/mol. The van der Waals surface area contributed by atoms with E-state index in [0.717, 1.165) is 22.0 Å². The summed E-state index contributed by atoms with van der Waals surface area (Å²) in [4.78, 5) is 17.9. The minimum absolute atomic E-state index is 0.0792. The Balaban J connectivity index is 1.72. The van der Waals surface area contributed by atoms with E-state index in [0.29, 0.717) is 24.4 Å². The zero-order valence-electron chi connectivity index (χ0n) is 18.8. The van der Waals surface area contributed by atoms with Crippen LogP contribution in [0.25, 0.3) is 10.9 Å². The van der Waals surface area contributed by atoms with Crippen LogP contribution in [0.2, 0.25) is 0 Å². The molecule has 4 rings (SSSR count). The summed E-state index contributed by atoms with van der Waals surface area (Å²) in [6.07, 6.45) is -2.50.